The van der Waals surface area contributed by atoms with Crippen LogP contribution in [0.15, 0.2) is 73.1 Å². The lowest BCUT2D eigenvalue weighted by molar-refractivity contribution is 0.0764. The number of aromatic nitrogens is 2. The molecule has 2 heterocycles. The molecule has 1 saturated carbocycles. The lowest BCUT2D eigenvalue weighted by Crippen LogP contribution is -2.29. The summed E-state index contributed by atoms with van der Waals surface area (Å²) in [5.41, 5.74) is 2.03. The van der Waals surface area contributed by atoms with Crippen LogP contribution in [-0.2, 0) is 0 Å². The number of aliphatic hydroxyl groups is 2. The zero-order chi connectivity index (χ0) is 20.0. The number of carbonyl (C=O) groups excluding carboxylic acids is 1. The van der Waals surface area contributed by atoms with Gasteiger partial charge in [-0.3, -0.25) is 4.79 Å². The highest BCUT2D eigenvalue weighted by atomic mass is 16.3. The van der Waals surface area contributed by atoms with Crippen LogP contribution in [0.3, 0.4) is 0 Å². The van der Waals surface area contributed by atoms with Crippen molar-refractivity contribution in [2.24, 2.45) is 11.3 Å². The Morgan fingerprint density at radius 2 is 1.97 bits per heavy atom. The highest BCUT2D eigenvalue weighted by Gasteiger charge is 2.71. The van der Waals surface area contributed by atoms with Gasteiger partial charge in [0.15, 0.2) is 0 Å². The van der Waals surface area contributed by atoms with Crippen LogP contribution in [0.4, 0.5) is 0 Å². The first kappa shape index (κ1) is 18.1. The monoisotopic (exact) mass is 389 g/mol. The van der Waals surface area contributed by atoms with Gasteiger partial charge in [0.2, 0.25) is 0 Å². The maximum atomic E-state index is 13.2. The van der Waals surface area contributed by atoms with Gasteiger partial charge in [0.25, 0.3) is 5.91 Å². The second kappa shape index (κ2) is 6.83. The zero-order valence-electron chi connectivity index (χ0n) is 15.9. The number of benzene rings is 2. The Morgan fingerprint density at radius 3 is 2.69 bits per heavy atom. The Kier molecular flexibility index (Phi) is 4.26. The molecular weight excluding hydrogens is 366 g/mol. The summed E-state index contributed by atoms with van der Waals surface area (Å²) in [6.07, 6.45) is 2.88. The summed E-state index contributed by atoms with van der Waals surface area (Å²) in [6, 6.07) is 19.2. The van der Waals surface area contributed by atoms with Gasteiger partial charge in [0, 0.05) is 43.1 Å². The Morgan fingerprint density at radius 1 is 1.14 bits per heavy atom. The number of rotatable bonds is 4. The van der Waals surface area contributed by atoms with Gasteiger partial charge in [0.05, 0.1) is 11.8 Å². The van der Waals surface area contributed by atoms with Crippen LogP contribution in [0.5, 0.6) is 0 Å². The van der Waals surface area contributed by atoms with Crippen LogP contribution in [0.25, 0.3) is 5.69 Å². The van der Waals surface area contributed by atoms with Crippen LogP contribution >= 0.6 is 0 Å². The standard InChI is InChI=1S/C23H23N3O3/c27-14-19-21(16-6-2-1-3-7-16)23(19)15-25(13-20(23)28)22(29)17-8-4-9-18(12-17)26-11-5-10-24-26/h1-12,19-21,27-28H,13-15H2/t19-,20+,21-,23-/m1/s1. The lowest BCUT2D eigenvalue weighted by atomic mass is 9.95. The first-order valence-electron chi connectivity index (χ1n) is 9.88. The van der Waals surface area contributed by atoms with Crippen molar-refractivity contribution in [2.75, 3.05) is 19.7 Å². The number of aliphatic hydroxyl groups excluding tert-OH is 2. The minimum Gasteiger partial charge on any atom is -0.396 e. The Balaban J connectivity index is 1.40. The molecule has 5 rings (SSSR count). The molecule has 1 aromatic heterocycles. The number of carbonyl (C=O) groups is 1. The third kappa shape index (κ3) is 2.79. The Bertz CT molecular complexity index is 1020. The summed E-state index contributed by atoms with van der Waals surface area (Å²) in [4.78, 5) is 14.9. The molecule has 4 atom stereocenters. The molecule has 0 unspecified atom stereocenters. The van der Waals surface area contributed by atoms with Gasteiger partial charge in [0.1, 0.15) is 0 Å². The van der Waals surface area contributed by atoms with E-state index in [0.29, 0.717) is 12.1 Å². The van der Waals surface area contributed by atoms with Crippen LogP contribution in [0, 0.1) is 11.3 Å². The van der Waals surface area contributed by atoms with Crippen molar-refractivity contribution in [3.05, 3.63) is 84.2 Å². The molecule has 29 heavy (non-hydrogen) atoms. The van der Waals surface area contributed by atoms with E-state index in [-0.39, 0.29) is 30.9 Å². The third-order valence-electron chi connectivity index (χ3n) is 6.55. The molecule has 2 fully saturated rings. The maximum Gasteiger partial charge on any atom is 0.254 e. The average Bonchev–Trinajstić information content (AvgIpc) is 3.05. The van der Waals surface area contributed by atoms with Gasteiger partial charge < -0.3 is 15.1 Å². The van der Waals surface area contributed by atoms with Crippen molar-refractivity contribution in [2.45, 2.75) is 12.0 Å². The molecule has 148 valence electrons. The predicted octanol–water partition coefficient (Wildman–Crippen LogP) is 2.08. The van der Waals surface area contributed by atoms with Crippen LogP contribution < -0.4 is 0 Å². The molecule has 1 spiro atoms. The molecule has 6 heteroatoms. The number of likely N-dealkylation sites (tertiary alicyclic amines) is 1. The second-order valence-corrected chi connectivity index (χ2v) is 7.99. The van der Waals surface area contributed by atoms with Gasteiger partial charge in [-0.1, -0.05) is 36.4 Å². The highest BCUT2D eigenvalue weighted by Crippen LogP contribution is 2.68. The summed E-state index contributed by atoms with van der Waals surface area (Å²) in [6.45, 7) is 0.738. The van der Waals surface area contributed by atoms with Crippen molar-refractivity contribution in [3.63, 3.8) is 0 Å². The summed E-state index contributed by atoms with van der Waals surface area (Å²) >= 11 is 0. The van der Waals surface area contributed by atoms with E-state index in [2.05, 4.69) is 5.10 Å². The second-order valence-electron chi connectivity index (χ2n) is 7.99. The smallest absolute Gasteiger partial charge is 0.254 e. The molecule has 1 saturated heterocycles. The molecule has 2 aliphatic rings. The number of nitrogens with zero attached hydrogens (tertiary/aromatic N) is 3. The van der Waals surface area contributed by atoms with Gasteiger partial charge in [-0.2, -0.15) is 5.10 Å². The highest BCUT2D eigenvalue weighted by molar-refractivity contribution is 5.95. The quantitative estimate of drug-likeness (QED) is 0.716. The Hall–Kier alpha value is -2.96. The molecule has 1 amide bonds. The van der Waals surface area contributed by atoms with E-state index in [4.69, 9.17) is 0 Å². The van der Waals surface area contributed by atoms with Gasteiger partial charge >= 0.3 is 0 Å². The van der Waals surface area contributed by atoms with Crippen molar-refractivity contribution in [3.8, 4) is 5.69 Å². The molecule has 0 bridgehead atoms. The van der Waals surface area contributed by atoms with Crippen LogP contribution in [-0.4, -0.2) is 56.6 Å². The molecular formula is C23H23N3O3. The van der Waals surface area contributed by atoms with E-state index in [1.54, 1.807) is 21.8 Å². The minimum absolute atomic E-state index is 0.00738. The van der Waals surface area contributed by atoms with Gasteiger partial charge in [-0.05, 0) is 41.7 Å². The van der Waals surface area contributed by atoms with E-state index in [9.17, 15) is 15.0 Å². The normalized spacial score (nSPS) is 28.1. The molecule has 1 aliphatic heterocycles. The van der Waals surface area contributed by atoms with E-state index >= 15 is 0 Å². The average molecular weight is 389 g/mol. The predicted molar refractivity (Wildman–Crippen MR) is 108 cm³/mol. The fourth-order valence-corrected chi connectivity index (χ4v) is 5.11. The SMILES string of the molecule is O=C(c1cccc(-n2cccn2)c1)N1C[C@H](O)[C@@]2(C1)[C@H](CO)[C@H]2c1ccccc1. The van der Waals surface area contributed by atoms with Crippen LogP contribution in [0.2, 0.25) is 0 Å². The fourth-order valence-electron chi connectivity index (χ4n) is 5.11. The number of β-amino-alcohol motifs (C(OH)–C–C–N with tert-alkyl or cyclic N) is 1. The van der Waals surface area contributed by atoms with Gasteiger partial charge in [-0.25, -0.2) is 4.68 Å². The molecule has 2 aromatic carbocycles. The third-order valence-corrected chi connectivity index (χ3v) is 6.55. The van der Waals surface area contributed by atoms with E-state index in [1.807, 2.05) is 60.8 Å². The fraction of sp³-hybridized carbons (Fsp3) is 0.304. The summed E-state index contributed by atoms with van der Waals surface area (Å²) < 4.78 is 1.71. The summed E-state index contributed by atoms with van der Waals surface area (Å²) in [7, 11) is 0. The number of hydrogen-bond donors (Lipinski definition) is 2. The summed E-state index contributed by atoms with van der Waals surface area (Å²) in [5.74, 6) is -0.0738. The largest absolute Gasteiger partial charge is 0.396 e. The van der Waals surface area contributed by atoms with E-state index < -0.39 is 11.5 Å². The molecule has 1 aliphatic carbocycles. The topological polar surface area (TPSA) is 78.6 Å². The molecule has 3 aromatic rings. The maximum absolute atomic E-state index is 13.2. The number of hydrogen-bond acceptors (Lipinski definition) is 4. The van der Waals surface area contributed by atoms with Gasteiger partial charge in [-0.15, -0.1) is 0 Å². The zero-order valence-corrected chi connectivity index (χ0v) is 15.9. The van der Waals surface area contributed by atoms with Crippen molar-refractivity contribution in [1.82, 2.24) is 14.7 Å². The Labute approximate surface area is 169 Å². The summed E-state index contributed by atoms with van der Waals surface area (Å²) in [5, 5.41) is 25.1. The van der Waals surface area contributed by atoms with Crippen molar-refractivity contribution < 1.29 is 15.0 Å². The molecule has 2 N–H and O–H groups in total. The number of amides is 1. The molecule has 6 nitrogen and oxygen atoms in total. The first-order chi connectivity index (χ1) is 14.1. The molecule has 0 radical (unpaired) electrons. The van der Waals surface area contributed by atoms with Crippen molar-refractivity contribution >= 4 is 5.91 Å². The van der Waals surface area contributed by atoms with E-state index in [0.717, 1.165) is 11.3 Å². The van der Waals surface area contributed by atoms with E-state index in [1.165, 1.54) is 0 Å². The first-order valence-corrected chi connectivity index (χ1v) is 9.88. The minimum atomic E-state index is -0.650. The van der Waals surface area contributed by atoms with Crippen LogP contribution in [0.1, 0.15) is 21.8 Å². The van der Waals surface area contributed by atoms with Crippen molar-refractivity contribution in [1.29, 1.82) is 0 Å². The lowest BCUT2D eigenvalue weighted by Gasteiger charge is -2.17.